The van der Waals surface area contributed by atoms with Gasteiger partial charge in [0.25, 0.3) is 0 Å². The minimum Gasteiger partial charge on any atom is -0.319 e. The summed E-state index contributed by atoms with van der Waals surface area (Å²) in [7, 11) is 0. The van der Waals surface area contributed by atoms with Crippen molar-refractivity contribution in [3.05, 3.63) is 39.7 Å². The van der Waals surface area contributed by atoms with Gasteiger partial charge in [-0.05, 0) is 18.9 Å². The molecule has 0 spiro atoms. The zero-order valence-corrected chi connectivity index (χ0v) is 11.6. The summed E-state index contributed by atoms with van der Waals surface area (Å²) in [5.41, 5.74) is 8.15. The molecule has 1 fully saturated rings. The first-order chi connectivity index (χ1) is 8.69. The van der Waals surface area contributed by atoms with E-state index in [0.717, 1.165) is 34.1 Å². The average molecular weight is 279 g/mol. The fourth-order valence-electron chi connectivity index (χ4n) is 2.51. The Hall–Kier alpha value is -0.900. The third-order valence-electron chi connectivity index (χ3n) is 3.58. The van der Waals surface area contributed by atoms with E-state index in [2.05, 4.69) is 5.38 Å². The van der Waals surface area contributed by atoms with Crippen LogP contribution >= 0.6 is 22.9 Å². The monoisotopic (exact) mass is 278 g/mol. The first kappa shape index (κ1) is 12.2. The number of rotatable bonds is 2. The van der Waals surface area contributed by atoms with Gasteiger partial charge in [-0.2, -0.15) is 0 Å². The van der Waals surface area contributed by atoms with E-state index in [0.29, 0.717) is 0 Å². The van der Waals surface area contributed by atoms with Crippen LogP contribution in [0.15, 0.2) is 29.6 Å². The van der Waals surface area contributed by atoms with E-state index < -0.39 is 0 Å². The standard InChI is InChI=1S/C14H15ClN2S/c15-11-6-2-1-5-10(11)12-9-18-13(17-12)14(16)7-3-4-8-14/h1-2,5-6,9H,3-4,7-8,16H2. The zero-order chi connectivity index (χ0) is 12.6. The maximum atomic E-state index is 6.42. The van der Waals surface area contributed by atoms with Crippen LogP contribution < -0.4 is 5.73 Å². The van der Waals surface area contributed by atoms with Crippen molar-refractivity contribution >= 4 is 22.9 Å². The van der Waals surface area contributed by atoms with Crippen LogP contribution in [-0.2, 0) is 5.54 Å². The fraction of sp³-hybridized carbons (Fsp3) is 0.357. The minimum atomic E-state index is -0.204. The van der Waals surface area contributed by atoms with Gasteiger partial charge >= 0.3 is 0 Å². The summed E-state index contributed by atoms with van der Waals surface area (Å²) in [6.45, 7) is 0. The van der Waals surface area contributed by atoms with Gasteiger partial charge in [-0.25, -0.2) is 4.98 Å². The van der Waals surface area contributed by atoms with E-state index in [4.69, 9.17) is 22.3 Å². The van der Waals surface area contributed by atoms with Crippen molar-refractivity contribution in [1.82, 2.24) is 4.98 Å². The minimum absolute atomic E-state index is 0.204. The van der Waals surface area contributed by atoms with E-state index in [9.17, 15) is 0 Å². The van der Waals surface area contributed by atoms with E-state index >= 15 is 0 Å². The van der Waals surface area contributed by atoms with Gasteiger partial charge in [0, 0.05) is 16.0 Å². The fourth-order valence-corrected chi connectivity index (χ4v) is 3.74. The molecule has 0 aliphatic heterocycles. The molecule has 0 atom stereocenters. The van der Waals surface area contributed by atoms with Gasteiger partial charge in [-0.1, -0.05) is 42.6 Å². The molecule has 0 amide bonds. The van der Waals surface area contributed by atoms with Crippen LogP contribution in [0.25, 0.3) is 11.3 Å². The summed E-state index contributed by atoms with van der Waals surface area (Å²) < 4.78 is 0. The molecule has 1 aliphatic rings. The SMILES string of the molecule is NC1(c2nc(-c3ccccc3Cl)cs2)CCCC1. The highest BCUT2D eigenvalue weighted by molar-refractivity contribution is 7.10. The van der Waals surface area contributed by atoms with Crippen LogP contribution in [0.1, 0.15) is 30.7 Å². The van der Waals surface area contributed by atoms with Gasteiger partial charge in [0.2, 0.25) is 0 Å². The van der Waals surface area contributed by atoms with Crippen molar-refractivity contribution in [1.29, 1.82) is 0 Å². The Bertz CT molecular complexity index is 558. The largest absolute Gasteiger partial charge is 0.319 e. The number of nitrogens with two attached hydrogens (primary N) is 1. The summed E-state index contributed by atoms with van der Waals surface area (Å²) in [5.74, 6) is 0. The predicted molar refractivity (Wildman–Crippen MR) is 76.9 cm³/mol. The first-order valence-electron chi connectivity index (χ1n) is 6.19. The lowest BCUT2D eigenvalue weighted by Gasteiger charge is -2.19. The van der Waals surface area contributed by atoms with Crippen LogP contribution in [0.4, 0.5) is 0 Å². The smallest absolute Gasteiger partial charge is 0.113 e. The molecular weight excluding hydrogens is 264 g/mol. The second-order valence-electron chi connectivity index (χ2n) is 4.88. The van der Waals surface area contributed by atoms with Gasteiger partial charge < -0.3 is 5.73 Å². The second-order valence-corrected chi connectivity index (χ2v) is 6.15. The molecule has 2 nitrogen and oxygen atoms in total. The Balaban J connectivity index is 1.97. The average Bonchev–Trinajstić information content (AvgIpc) is 2.99. The number of nitrogens with zero attached hydrogens (tertiary/aromatic N) is 1. The maximum Gasteiger partial charge on any atom is 0.113 e. The predicted octanol–water partition coefficient (Wildman–Crippen LogP) is 4.19. The molecule has 3 rings (SSSR count). The molecule has 1 aliphatic carbocycles. The molecular formula is C14H15ClN2S. The Kier molecular flexibility index (Phi) is 3.14. The second kappa shape index (κ2) is 4.65. The van der Waals surface area contributed by atoms with Crippen LogP contribution in [0.5, 0.6) is 0 Å². The summed E-state index contributed by atoms with van der Waals surface area (Å²) in [5, 5.41) is 3.85. The number of hydrogen-bond donors (Lipinski definition) is 1. The highest BCUT2D eigenvalue weighted by Gasteiger charge is 2.34. The number of benzene rings is 1. The number of thiazole rings is 1. The number of hydrogen-bond acceptors (Lipinski definition) is 3. The molecule has 0 radical (unpaired) electrons. The van der Waals surface area contributed by atoms with Crippen LogP contribution in [0.3, 0.4) is 0 Å². The van der Waals surface area contributed by atoms with E-state index in [1.54, 1.807) is 11.3 Å². The lowest BCUT2D eigenvalue weighted by molar-refractivity contribution is 0.459. The highest BCUT2D eigenvalue weighted by atomic mass is 35.5. The summed E-state index contributed by atoms with van der Waals surface area (Å²) in [6.07, 6.45) is 4.50. The Morgan fingerprint density at radius 1 is 1.22 bits per heavy atom. The summed E-state index contributed by atoms with van der Waals surface area (Å²) in [4.78, 5) is 4.70. The first-order valence-corrected chi connectivity index (χ1v) is 7.45. The van der Waals surface area contributed by atoms with Crippen molar-refractivity contribution in [3.8, 4) is 11.3 Å². The Labute approximate surface area is 116 Å². The van der Waals surface area contributed by atoms with E-state index in [1.165, 1.54) is 12.8 Å². The van der Waals surface area contributed by atoms with Gasteiger partial charge in [0.1, 0.15) is 5.01 Å². The van der Waals surface area contributed by atoms with Crippen molar-refractivity contribution in [2.24, 2.45) is 5.73 Å². The van der Waals surface area contributed by atoms with Crippen molar-refractivity contribution in [2.75, 3.05) is 0 Å². The highest BCUT2D eigenvalue weighted by Crippen LogP contribution is 2.39. The van der Waals surface area contributed by atoms with Gasteiger partial charge in [0.05, 0.1) is 11.2 Å². The molecule has 2 N–H and O–H groups in total. The molecule has 1 aromatic carbocycles. The van der Waals surface area contributed by atoms with Crippen molar-refractivity contribution < 1.29 is 0 Å². The number of aromatic nitrogens is 1. The molecule has 94 valence electrons. The third-order valence-corrected chi connectivity index (χ3v) is 4.97. The van der Waals surface area contributed by atoms with Crippen LogP contribution in [0.2, 0.25) is 5.02 Å². The Morgan fingerprint density at radius 2 is 1.94 bits per heavy atom. The lowest BCUT2D eigenvalue weighted by Crippen LogP contribution is -2.32. The molecule has 0 unspecified atom stereocenters. The normalized spacial score (nSPS) is 18.1. The topological polar surface area (TPSA) is 38.9 Å². The van der Waals surface area contributed by atoms with E-state index in [1.807, 2.05) is 24.3 Å². The molecule has 1 aromatic heterocycles. The van der Waals surface area contributed by atoms with Crippen LogP contribution in [-0.4, -0.2) is 4.98 Å². The molecule has 1 heterocycles. The van der Waals surface area contributed by atoms with E-state index in [-0.39, 0.29) is 5.54 Å². The van der Waals surface area contributed by atoms with Gasteiger partial charge in [0.15, 0.2) is 0 Å². The molecule has 1 saturated carbocycles. The molecule has 4 heteroatoms. The van der Waals surface area contributed by atoms with Gasteiger partial charge in [-0.3, -0.25) is 0 Å². The lowest BCUT2D eigenvalue weighted by atomic mass is 10.0. The molecule has 0 bridgehead atoms. The summed E-state index contributed by atoms with van der Waals surface area (Å²) in [6, 6.07) is 7.80. The van der Waals surface area contributed by atoms with Crippen LogP contribution in [0, 0.1) is 0 Å². The zero-order valence-electron chi connectivity index (χ0n) is 10.0. The quantitative estimate of drug-likeness (QED) is 0.894. The summed E-state index contributed by atoms with van der Waals surface area (Å²) >= 11 is 7.85. The van der Waals surface area contributed by atoms with Crippen molar-refractivity contribution in [2.45, 2.75) is 31.2 Å². The number of halogens is 1. The third kappa shape index (κ3) is 2.07. The van der Waals surface area contributed by atoms with Crippen molar-refractivity contribution in [3.63, 3.8) is 0 Å². The Morgan fingerprint density at radius 3 is 2.67 bits per heavy atom. The van der Waals surface area contributed by atoms with Gasteiger partial charge in [-0.15, -0.1) is 11.3 Å². The molecule has 18 heavy (non-hydrogen) atoms. The molecule has 0 saturated heterocycles. The molecule has 2 aromatic rings. The maximum absolute atomic E-state index is 6.42.